The van der Waals surface area contributed by atoms with Gasteiger partial charge in [-0.25, -0.2) is 0 Å². The SMILES string of the molecule is CCOCCC(=O)NC1(C#N)CCC(C)CC1. The van der Waals surface area contributed by atoms with Crippen molar-refractivity contribution in [2.45, 2.75) is 51.5 Å². The Bertz CT molecular complexity index is 288. The summed E-state index contributed by atoms with van der Waals surface area (Å²) in [6.07, 6.45) is 3.90. The summed E-state index contributed by atoms with van der Waals surface area (Å²) in [6.45, 7) is 5.14. The van der Waals surface area contributed by atoms with E-state index < -0.39 is 5.54 Å². The van der Waals surface area contributed by atoms with Gasteiger partial charge in [0.05, 0.1) is 19.1 Å². The molecule has 0 atom stereocenters. The van der Waals surface area contributed by atoms with Crippen LogP contribution in [0, 0.1) is 17.2 Å². The number of carbonyl (C=O) groups excluding carboxylic acids is 1. The lowest BCUT2D eigenvalue weighted by Crippen LogP contribution is -2.49. The minimum absolute atomic E-state index is 0.0745. The van der Waals surface area contributed by atoms with Crippen LogP contribution in [0.2, 0.25) is 0 Å². The van der Waals surface area contributed by atoms with E-state index in [2.05, 4.69) is 18.3 Å². The first-order valence-corrected chi connectivity index (χ1v) is 6.42. The van der Waals surface area contributed by atoms with Crippen molar-refractivity contribution >= 4 is 5.91 Å². The number of amides is 1. The molecule has 0 aromatic heterocycles. The highest BCUT2D eigenvalue weighted by Gasteiger charge is 2.35. The van der Waals surface area contributed by atoms with Gasteiger partial charge in [0.1, 0.15) is 5.54 Å². The maximum atomic E-state index is 11.7. The molecule has 0 unspecified atom stereocenters. The lowest BCUT2D eigenvalue weighted by molar-refractivity contribution is -0.123. The van der Waals surface area contributed by atoms with E-state index in [1.807, 2.05) is 6.92 Å². The second-order valence-corrected chi connectivity index (χ2v) is 4.87. The first-order valence-electron chi connectivity index (χ1n) is 6.42. The summed E-state index contributed by atoms with van der Waals surface area (Å²) in [6, 6.07) is 2.29. The van der Waals surface area contributed by atoms with Crippen molar-refractivity contribution < 1.29 is 9.53 Å². The average molecular weight is 238 g/mol. The molecule has 0 saturated heterocycles. The molecule has 1 N–H and O–H groups in total. The molecule has 0 bridgehead atoms. The Labute approximate surface area is 103 Å². The molecule has 17 heavy (non-hydrogen) atoms. The zero-order valence-corrected chi connectivity index (χ0v) is 10.8. The summed E-state index contributed by atoms with van der Waals surface area (Å²) >= 11 is 0. The molecule has 0 radical (unpaired) electrons. The third-order valence-electron chi connectivity index (χ3n) is 3.40. The molecule has 1 saturated carbocycles. The molecule has 1 rings (SSSR count). The third-order valence-corrected chi connectivity index (χ3v) is 3.40. The summed E-state index contributed by atoms with van der Waals surface area (Å²) in [5.74, 6) is 0.589. The zero-order valence-electron chi connectivity index (χ0n) is 10.8. The number of ether oxygens (including phenoxy) is 1. The fraction of sp³-hybridized carbons (Fsp3) is 0.846. The second kappa shape index (κ2) is 6.61. The van der Waals surface area contributed by atoms with Gasteiger partial charge in [-0.3, -0.25) is 4.79 Å². The van der Waals surface area contributed by atoms with Crippen LogP contribution < -0.4 is 5.32 Å². The van der Waals surface area contributed by atoms with E-state index in [4.69, 9.17) is 4.74 Å². The van der Waals surface area contributed by atoms with E-state index >= 15 is 0 Å². The maximum absolute atomic E-state index is 11.7. The van der Waals surface area contributed by atoms with Crippen LogP contribution in [0.1, 0.15) is 46.0 Å². The predicted octanol–water partition coefficient (Wildman–Crippen LogP) is 2.00. The number of nitriles is 1. The normalized spacial score (nSPS) is 28.4. The Balaban J connectivity index is 2.41. The van der Waals surface area contributed by atoms with Gasteiger partial charge in [-0.1, -0.05) is 6.92 Å². The van der Waals surface area contributed by atoms with Gasteiger partial charge in [-0.05, 0) is 38.5 Å². The van der Waals surface area contributed by atoms with Crippen molar-refractivity contribution in [3.63, 3.8) is 0 Å². The summed E-state index contributed by atoms with van der Waals surface area (Å²) in [7, 11) is 0. The van der Waals surface area contributed by atoms with E-state index in [0.29, 0.717) is 25.6 Å². The first kappa shape index (κ1) is 14.0. The van der Waals surface area contributed by atoms with Gasteiger partial charge < -0.3 is 10.1 Å². The third kappa shape index (κ3) is 4.35. The van der Waals surface area contributed by atoms with Gasteiger partial charge in [0.15, 0.2) is 0 Å². The minimum atomic E-state index is -0.629. The lowest BCUT2D eigenvalue weighted by atomic mass is 9.78. The van der Waals surface area contributed by atoms with Crippen molar-refractivity contribution in [2.75, 3.05) is 13.2 Å². The van der Waals surface area contributed by atoms with E-state index in [1.165, 1.54) is 0 Å². The molecule has 0 aliphatic heterocycles. The summed E-state index contributed by atoms with van der Waals surface area (Å²) in [5.41, 5.74) is -0.629. The van der Waals surface area contributed by atoms with Gasteiger partial charge in [-0.15, -0.1) is 0 Å². The molecule has 4 nitrogen and oxygen atoms in total. The number of carbonyl (C=O) groups is 1. The molecular formula is C13H22N2O2. The molecule has 0 aromatic carbocycles. The van der Waals surface area contributed by atoms with Crippen molar-refractivity contribution in [1.82, 2.24) is 5.32 Å². The number of rotatable bonds is 5. The molecule has 0 heterocycles. The van der Waals surface area contributed by atoms with Gasteiger partial charge in [-0.2, -0.15) is 5.26 Å². The second-order valence-electron chi connectivity index (χ2n) is 4.87. The highest BCUT2D eigenvalue weighted by Crippen LogP contribution is 2.31. The Hall–Kier alpha value is -1.08. The van der Waals surface area contributed by atoms with Gasteiger partial charge in [0.2, 0.25) is 5.91 Å². The Morgan fingerprint density at radius 1 is 1.53 bits per heavy atom. The minimum Gasteiger partial charge on any atom is -0.381 e. The molecule has 96 valence electrons. The fourth-order valence-electron chi connectivity index (χ4n) is 2.16. The molecule has 4 heteroatoms. The molecule has 1 aliphatic carbocycles. The monoisotopic (exact) mass is 238 g/mol. The number of nitrogens with one attached hydrogen (secondary N) is 1. The van der Waals surface area contributed by atoms with Gasteiger partial charge in [0, 0.05) is 6.61 Å². The molecular weight excluding hydrogens is 216 g/mol. The highest BCUT2D eigenvalue weighted by molar-refractivity contribution is 5.77. The fourth-order valence-corrected chi connectivity index (χ4v) is 2.16. The van der Waals surface area contributed by atoms with Crippen molar-refractivity contribution in [3.05, 3.63) is 0 Å². The van der Waals surface area contributed by atoms with Crippen LogP contribution in [0.3, 0.4) is 0 Å². The van der Waals surface area contributed by atoms with Crippen molar-refractivity contribution in [1.29, 1.82) is 5.26 Å². The zero-order chi connectivity index (χ0) is 12.7. The Kier molecular flexibility index (Phi) is 5.43. The molecule has 1 amide bonds. The summed E-state index contributed by atoms with van der Waals surface area (Å²) < 4.78 is 5.13. The topological polar surface area (TPSA) is 62.1 Å². The highest BCUT2D eigenvalue weighted by atomic mass is 16.5. The average Bonchev–Trinajstić information content (AvgIpc) is 2.33. The largest absolute Gasteiger partial charge is 0.381 e. The standard InChI is InChI=1S/C13H22N2O2/c1-3-17-9-6-12(16)15-13(10-14)7-4-11(2)5-8-13/h11H,3-9H2,1-2H3,(H,15,16). The molecule has 1 aliphatic rings. The molecule has 0 aromatic rings. The summed E-state index contributed by atoms with van der Waals surface area (Å²) in [4.78, 5) is 11.7. The molecule has 1 fully saturated rings. The van der Waals surface area contributed by atoms with Crippen LogP contribution in [0.15, 0.2) is 0 Å². The van der Waals surface area contributed by atoms with Crippen LogP contribution in [0.25, 0.3) is 0 Å². The van der Waals surface area contributed by atoms with E-state index in [9.17, 15) is 10.1 Å². The van der Waals surface area contributed by atoms with E-state index in [-0.39, 0.29) is 5.91 Å². The van der Waals surface area contributed by atoms with E-state index in [1.54, 1.807) is 0 Å². The van der Waals surface area contributed by atoms with Crippen molar-refractivity contribution in [3.8, 4) is 6.07 Å². The number of hydrogen-bond acceptors (Lipinski definition) is 3. The van der Waals surface area contributed by atoms with Crippen molar-refractivity contribution in [2.24, 2.45) is 5.92 Å². The molecule has 0 spiro atoms. The lowest BCUT2D eigenvalue weighted by Gasteiger charge is -2.34. The Morgan fingerprint density at radius 2 is 2.18 bits per heavy atom. The predicted molar refractivity (Wildman–Crippen MR) is 65.2 cm³/mol. The van der Waals surface area contributed by atoms with Crippen LogP contribution in [0.4, 0.5) is 0 Å². The number of nitrogens with zero attached hydrogens (tertiary/aromatic N) is 1. The number of hydrogen-bond donors (Lipinski definition) is 1. The van der Waals surface area contributed by atoms with Gasteiger partial charge >= 0.3 is 0 Å². The maximum Gasteiger partial charge on any atom is 0.223 e. The van der Waals surface area contributed by atoms with E-state index in [0.717, 1.165) is 25.7 Å². The Morgan fingerprint density at radius 3 is 2.71 bits per heavy atom. The van der Waals surface area contributed by atoms with Crippen LogP contribution in [-0.4, -0.2) is 24.7 Å². The van der Waals surface area contributed by atoms with Crippen LogP contribution in [0.5, 0.6) is 0 Å². The first-order chi connectivity index (χ1) is 8.12. The van der Waals surface area contributed by atoms with Crippen LogP contribution >= 0.6 is 0 Å². The smallest absolute Gasteiger partial charge is 0.223 e. The summed E-state index contributed by atoms with van der Waals surface area (Å²) in [5, 5.41) is 12.1. The van der Waals surface area contributed by atoms with Crippen LogP contribution in [-0.2, 0) is 9.53 Å². The van der Waals surface area contributed by atoms with Gasteiger partial charge in [0.25, 0.3) is 0 Å². The quantitative estimate of drug-likeness (QED) is 0.745.